The molecule has 2 heteroatoms. The molecule has 0 aromatic heterocycles. The second-order valence-electron chi connectivity index (χ2n) is 7.00. The number of hydrogen-bond acceptors (Lipinski definition) is 1. The molecule has 0 radical (unpaired) electrons. The molecule has 6 aliphatic carbocycles. The predicted molar refractivity (Wildman–Crippen MR) is 59.9 cm³/mol. The van der Waals surface area contributed by atoms with Crippen LogP contribution in [0.2, 0.25) is 0 Å². The minimum absolute atomic E-state index is 0.306. The number of carboxylic acid groups (broad SMARTS) is 1. The number of rotatable bonds is 1. The molecule has 5 atom stereocenters. The van der Waals surface area contributed by atoms with Gasteiger partial charge in [-0.25, -0.2) is 0 Å². The van der Waals surface area contributed by atoms with Crippen LogP contribution in [-0.2, 0) is 4.79 Å². The zero-order valence-corrected chi connectivity index (χ0v) is 9.74. The molecule has 16 heavy (non-hydrogen) atoms. The molecule has 88 valence electrons. The molecular weight excluding hydrogens is 200 g/mol. The lowest BCUT2D eigenvalue weighted by Crippen LogP contribution is -2.61. The lowest BCUT2D eigenvalue weighted by molar-refractivity contribution is -0.201. The average molecular weight is 220 g/mol. The summed E-state index contributed by atoms with van der Waals surface area (Å²) in [5.41, 5.74) is 0.297. The molecule has 6 aliphatic rings. The van der Waals surface area contributed by atoms with Crippen LogP contribution < -0.4 is 0 Å². The second kappa shape index (κ2) is 2.65. The Morgan fingerprint density at radius 1 is 1.06 bits per heavy atom. The molecule has 5 bridgehead atoms. The van der Waals surface area contributed by atoms with E-state index in [1.165, 1.54) is 32.1 Å². The molecular formula is C14H20O2. The van der Waals surface area contributed by atoms with Gasteiger partial charge in [-0.3, -0.25) is 4.79 Å². The zero-order valence-electron chi connectivity index (χ0n) is 9.74. The largest absolute Gasteiger partial charge is 0.481 e. The van der Waals surface area contributed by atoms with Crippen molar-refractivity contribution in [3.8, 4) is 0 Å². The third-order valence-electron chi connectivity index (χ3n) is 6.68. The van der Waals surface area contributed by atoms with Crippen LogP contribution in [0.4, 0.5) is 0 Å². The first-order valence-electron chi connectivity index (χ1n) is 6.88. The quantitative estimate of drug-likeness (QED) is 0.737. The topological polar surface area (TPSA) is 37.3 Å². The van der Waals surface area contributed by atoms with E-state index < -0.39 is 5.97 Å². The van der Waals surface area contributed by atoms with Gasteiger partial charge in [0.05, 0.1) is 5.41 Å². The van der Waals surface area contributed by atoms with Crippen molar-refractivity contribution in [2.45, 2.75) is 51.4 Å². The van der Waals surface area contributed by atoms with Gasteiger partial charge in [0.1, 0.15) is 0 Å². The Bertz CT molecular complexity index is 344. The van der Waals surface area contributed by atoms with E-state index in [4.69, 9.17) is 0 Å². The molecule has 0 aliphatic heterocycles. The molecule has 6 saturated carbocycles. The highest BCUT2D eigenvalue weighted by Gasteiger charge is 2.65. The van der Waals surface area contributed by atoms with Gasteiger partial charge in [-0.05, 0) is 74.5 Å². The third kappa shape index (κ3) is 0.892. The molecule has 0 aromatic rings. The maximum atomic E-state index is 11.6. The van der Waals surface area contributed by atoms with Crippen molar-refractivity contribution in [1.82, 2.24) is 0 Å². The predicted octanol–water partition coefficient (Wildman–Crippen LogP) is 3.07. The maximum absolute atomic E-state index is 11.6. The smallest absolute Gasteiger partial charge is 0.309 e. The standard InChI is InChI=1S/C14H20O2/c15-12(16)13-3-4-14-2-1-9(5-10(14)7-13)6-11(14)8-13/h9-11H,1-8H2,(H,15,16)/t9?,10-,11+,13?,14?. The molecule has 3 unspecified atom stereocenters. The van der Waals surface area contributed by atoms with Crippen molar-refractivity contribution in [3.05, 3.63) is 0 Å². The maximum Gasteiger partial charge on any atom is 0.309 e. The van der Waals surface area contributed by atoms with Crippen molar-refractivity contribution in [2.75, 3.05) is 0 Å². The summed E-state index contributed by atoms with van der Waals surface area (Å²) in [6, 6.07) is 0. The summed E-state index contributed by atoms with van der Waals surface area (Å²) in [6.07, 6.45) is 9.78. The number of carboxylic acids is 1. The fourth-order valence-corrected chi connectivity index (χ4v) is 5.91. The number of fused-ring (bicyclic) bond motifs is 2. The minimum atomic E-state index is -0.491. The van der Waals surface area contributed by atoms with Gasteiger partial charge in [0, 0.05) is 0 Å². The van der Waals surface area contributed by atoms with Gasteiger partial charge in [0.15, 0.2) is 0 Å². The normalized spacial score (nSPS) is 57.6. The molecule has 6 fully saturated rings. The molecule has 0 heterocycles. The summed E-state index contributed by atoms with van der Waals surface area (Å²) in [5.74, 6) is 1.99. The number of hydrogen-bond donors (Lipinski definition) is 1. The van der Waals surface area contributed by atoms with Crippen molar-refractivity contribution in [3.63, 3.8) is 0 Å². The number of carbonyl (C=O) groups is 1. The van der Waals surface area contributed by atoms with E-state index in [0.717, 1.165) is 37.0 Å². The van der Waals surface area contributed by atoms with Crippen molar-refractivity contribution >= 4 is 5.97 Å². The van der Waals surface area contributed by atoms with Gasteiger partial charge < -0.3 is 5.11 Å². The van der Waals surface area contributed by atoms with E-state index in [0.29, 0.717) is 5.41 Å². The van der Waals surface area contributed by atoms with Crippen LogP contribution in [0, 0.1) is 28.6 Å². The molecule has 0 aromatic carbocycles. The molecule has 0 saturated heterocycles. The Morgan fingerprint density at radius 2 is 1.75 bits per heavy atom. The second-order valence-corrected chi connectivity index (χ2v) is 7.00. The highest BCUT2D eigenvalue weighted by Crippen LogP contribution is 2.72. The lowest BCUT2D eigenvalue weighted by atomic mass is 9.37. The molecule has 1 spiro atoms. The SMILES string of the molecule is O=C(O)C12CCC34CCC(C[C@@H]3C1)C[C@H]4C2. The Hall–Kier alpha value is -0.530. The molecule has 1 N–H and O–H groups in total. The fraction of sp³-hybridized carbons (Fsp3) is 0.929. The zero-order chi connectivity index (χ0) is 11.0. The van der Waals surface area contributed by atoms with Crippen LogP contribution in [0.15, 0.2) is 0 Å². The number of aliphatic carboxylic acids is 1. The van der Waals surface area contributed by atoms with Crippen molar-refractivity contribution in [1.29, 1.82) is 0 Å². The van der Waals surface area contributed by atoms with Crippen LogP contribution in [0.1, 0.15) is 51.4 Å². The van der Waals surface area contributed by atoms with Gasteiger partial charge in [0.2, 0.25) is 0 Å². The third-order valence-corrected chi connectivity index (χ3v) is 6.68. The van der Waals surface area contributed by atoms with Crippen molar-refractivity contribution < 1.29 is 9.90 Å². The van der Waals surface area contributed by atoms with Crippen LogP contribution in [0.3, 0.4) is 0 Å². The van der Waals surface area contributed by atoms with E-state index in [1.807, 2.05) is 0 Å². The Balaban J connectivity index is 1.78. The summed E-state index contributed by atoms with van der Waals surface area (Å²) >= 11 is 0. The van der Waals surface area contributed by atoms with Gasteiger partial charge >= 0.3 is 5.97 Å². The summed E-state index contributed by atoms with van der Waals surface area (Å²) < 4.78 is 0. The summed E-state index contributed by atoms with van der Waals surface area (Å²) in [7, 11) is 0. The first-order chi connectivity index (χ1) is 7.65. The van der Waals surface area contributed by atoms with Crippen LogP contribution in [0.5, 0.6) is 0 Å². The monoisotopic (exact) mass is 220 g/mol. The summed E-state index contributed by atoms with van der Waals surface area (Å²) in [4.78, 5) is 11.6. The van der Waals surface area contributed by atoms with Crippen LogP contribution in [-0.4, -0.2) is 11.1 Å². The highest BCUT2D eigenvalue weighted by atomic mass is 16.4. The van der Waals surface area contributed by atoms with Gasteiger partial charge in [-0.1, -0.05) is 0 Å². The van der Waals surface area contributed by atoms with Gasteiger partial charge in [-0.2, -0.15) is 0 Å². The average Bonchev–Trinajstić information content (AvgIpc) is 2.28. The first-order valence-corrected chi connectivity index (χ1v) is 6.88. The Kier molecular flexibility index (Phi) is 1.57. The van der Waals surface area contributed by atoms with Gasteiger partial charge in [-0.15, -0.1) is 0 Å². The molecule has 0 amide bonds. The first kappa shape index (κ1) is 9.49. The Labute approximate surface area is 96.4 Å². The van der Waals surface area contributed by atoms with E-state index in [-0.39, 0.29) is 5.41 Å². The lowest BCUT2D eigenvalue weighted by Gasteiger charge is -2.67. The van der Waals surface area contributed by atoms with Crippen LogP contribution >= 0.6 is 0 Å². The summed E-state index contributed by atoms with van der Waals surface area (Å²) in [6.45, 7) is 0. The molecule has 6 rings (SSSR count). The van der Waals surface area contributed by atoms with Crippen LogP contribution in [0.25, 0.3) is 0 Å². The van der Waals surface area contributed by atoms with E-state index in [2.05, 4.69) is 0 Å². The minimum Gasteiger partial charge on any atom is -0.481 e. The Morgan fingerprint density at radius 3 is 2.38 bits per heavy atom. The van der Waals surface area contributed by atoms with Gasteiger partial charge in [0.25, 0.3) is 0 Å². The van der Waals surface area contributed by atoms with Crippen molar-refractivity contribution in [2.24, 2.45) is 28.6 Å². The van der Waals surface area contributed by atoms with E-state index in [1.54, 1.807) is 0 Å². The highest BCUT2D eigenvalue weighted by molar-refractivity contribution is 5.75. The van der Waals surface area contributed by atoms with E-state index >= 15 is 0 Å². The summed E-state index contributed by atoms with van der Waals surface area (Å²) in [5, 5.41) is 9.54. The molecule has 2 nitrogen and oxygen atoms in total. The fourth-order valence-electron chi connectivity index (χ4n) is 5.91. The van der Waals surface area contributed by atoms with E-state index in [9.17, 15) is 9.90 Å².